The molecule has 0 amide bonds. The first-order chi connectivity index (χ1) is 46.0. The number of anilines is 3. The van der Waals surface area contributed by atoms with Gasteiger partial charge in [0, 0.05) is 30.3 Å². The van der Waals surface area contributed by atoms with Crippen molar-refractivity contribution in [3.63, 3.8) is 0 Å². The van der Waals surface area contributed by atoms with Gasteiger partial charge in [0.2, 0.25) is 0 Å². The van der Waals surface area contributed by atoms with Crippen LogP contribution in [0, 0.1) is 94.7 Å². The van der Waals surface area contributed by atoms with Gasteiger partial charge in [0.15, 0.2) is 0 Å². The Hall–Kier alpha value is -4.02. The standard InChI is InChI=1S/C42H63N.C29H41F3O3S.C14H23N.C4H8O.CH4/c1-25-11-29-15-27(3)39(31(13-25)17-29)33-19-34(40-28(4)16-30-12-26(2)14-32(40)18-30)21-37(20-33)43-38-23-35(41(5,6)7)22-36(24-38)42(8,9)10;1-16-5-20-9-18(3)27(22(7-16)11-20)24-13-25(15-26(14-24)35-36(33,34)29(30,31)32)28-19(4)10-21-6-17(2)8-23(28)12-21;1-13(2,3)10-7-11(14(4,5)6)9-12(15)8-10;1-2-4-5-3-1;/h19-32,39-40,43H,11-18H2,1-10H3;13-23,27-28H,5-12H2,1-4H3;7-9H,15H2,1-6H3;1-4H2;1H4. The lowest BCUT2D eigenvalue weighted by atomic mass is 9.57. The maximum atomic E-state index is 13.3. The van der Waals surface area contributed by atoms with Crippen molar-refractivity contribution < 1.29 is 30.5 Å². The summed E-state index contributed by atoms with van der Waals surface area (Å²) in [5.41, 5.74) is 15.2. The van der Waals surface area contributed by atoms with E-state index < -0.39 is 15.6 Å². The fraction of sp³-hybridized carbons (Fsp3) is 0.733. The van der Waals surface area contributed by atoms with Crippen molar-refractivity contribution in [3.8, 4) is 5.75 Å². The molecular formula is C90H139F3N2O4S. The van der Waals surface area contributed by atoms with Gasteiger partial charge in [-0.05, 0) is 349 Å². The summed E-state index contributed by atoms with van der Waals surface area (Å²) in [5.74, 6) is 13.1. The Morgan fingerprint density at radius 2 is 0.670 bits per heavy atom. The van der Waals surface area contributed by atoms with Gasteiger partial charge in [0.25, 0.3) is 0 Å². The average Bonchev–Trinajstić information content (AvgIpc) is 0.837. The second-order valence-electron chi connectivity index (χ2n) is 39.5. The van der Waals surface area contributed by atoms with Crippen LogP contribution >= 0.6 is 0 Å². The first kappa shape index (κ1) is 80.1. The van der Waals surface area contributed by atoms with Gasteiger partial charge in [-0.15, -0.1) is 0 Å². The number of hydrogen-bond acceptors (Lipinski definition) is 6. The molecule has 0 aromatic heterocycles. The van der Waals surface area contributed by atoms with E-state index in [0.717, 1.165) is 116 Å². The first-order valence-electron chi connectivity index (χ1n) is 39.8. The van der Waals surface area contributed by atoms with E-state index in [4.69, 9.17) is 14.7 Å². The van der Waals surface area contributed by atoms with Crippen LogP contribution in [0.1, 0.15) is 330 Å². The highest BCUT2D eigenvalue weighted by Gasteiger charge is 2.50. The first-order valence-corrected chi connectivity index (χ1v) is 41.2. The molecule has 1 saturated heterocycles. The lowest BCUT2D eigenvalue weighted by Gasteiger charge is -2.48. The third-order valence-electron chi connectivity index (χ3n) is 26.0. The molecule has 1 aliphatic heterocycles. The fourth-order valence-corrected chi connectivity index (χ4v) is 22.7. The number of nitrogens with one attached hydrogen (secondary N) is 1. The summed E-state index contributed by atoms with van der Waals surface area (Å²) >= 11 is 0. The zero-order valence-corrected chi connectivity index (χ0v) is 66.2. The molecule has 8 bridgehead atoms. The largest absolute Gasteiger partial charge is 0.534 e. The highest BCUT2D eigenvalue weighted by Crippen LogP contribution is 2.58. The molecule has 4 aromatic carbocycles. The second-order valence-corrected chi connectivity index (χ2v) is 41.0. The van der Waals surface area contributed by atoms with E-state index in [1.54, 1.807) is 23.3 Å². The number of hydrogen-bond donors (Lipinski definition) is 2. The van der Waals surface area contributed by atoms with Crippen molar-refractivity contribution in [3.05, 3.63) is 117 Å². The topological polar surface area (TPSA) is 90.7 Å². The molecule has 10 heteroatoms. The highest BCUT2D eigenvalue weighted by molar-refractivity contribution is 7.88. The average molecular weight is 1400 g/mol. The fourth-order valence-electron chi connectivity index (χ4n) is 22.3. The summed E-state index contributed by atoms with van der Waals surface area (Å²) in [6.45, 7) is 48.7. The van der Waals surface area contributed by atoms with Crippen LogP contribution in [-0.2, 0) is 36.5 Å². The molecule has 20 unspecified atom stereocenters. The molecule has 8 saturated carbocycles. The summed E-state index contributed by atoms with van der Waals surface area (Å²) < 4.78 is 73.5. The van der Waals surface area contributed by atoms with Crippen LogP contribution in [-0.4, -0.2) is 27.1 Å². The van der Waals surface area contributed by atoms with Crippen molar-refractivity contribution in [2.45, 2.75) is 312 Å². The Balaban J connectivity index is 0.000000183. The third kappa shape index (κ3) is 19.7. The molecule has 0 radical (unpaired) electrons. The molecule has 9 aliphatic rings. The van der Waals surface area contributed by atoms with E-state index in [1.165, 1.54) is 111 Å². The molecule has 8 aliphatic carbocycles. The van der Waals surface area contributed by atoms with Gasteiger partial charge in [-0.3, -0.25) is 0 Å². The van der Waals surface area contributed by atoms with Crippen LogP contribution < -0.4 is 15.2 Å². The molecule has 20 atom stereocenters. The number of nitrogens with two attached hydrogens (primary N) is 1. The van der Waals surface area contributed by atoms with Crippen molar-refractivity contribution in [1.82, 2.24) is 0 Å². The minimum Gasteiger partial charge on any atom is -0.399 e. The summed E-state index contributed by atoms with van der Waals surface area (Å²) in [6.07, 6.45) is 23.4. The maximum Gasteiger partial charge on any atom is 0.534 e. The number of fused-ring (bicyclic) bond motifs is 8. The van der Waals surface area contributed by atoms with Gasteiger partial charge in [0.05, 0.1) is 0 Å². The Labute approximate surface area is 608 Å². The smallest absolute Gasteiger partial charge is 0.399 e. The molecule has 100 heavy (non-hydrogen) atoms. The predicted molar refractivity (Wildman–Crippen MR) is 417 cm³/mol. The Morgan fingerprint density at radius 1 is 0.390 bits per heavy atom. The minimum atomic E-state index is -5.72. The number of halogens is 3. The van der Waals surface area contributed by atoms with E-state index >= 15 is 0 Å². The van der Waals surface area contributed by atoms with E-state index in [0.29, 0.717) is 59.2 Å². The summed E-state index contributed by atoms with van der Waals surface area (Å²) in [7, 11) is -5.72. The van der Waals surface area contributed by atoms with E-state index in [-0.39, 0.29) is 46.7 Å². The molecule has 6 nitrogen and oxygen atoms in total. The number of ether oxygens (including phenoxy) is 1. The lowest BCUT2D eigenvalue weighted by molar-refractivity contribution is -0.0500. The molecule has 4 aromatic rings. The van der Waals surface area contributed by atoms with Gasteiger partial charge >= 0.3 is 15.6 Å². The van der Waals surface area contributed by atoms with E-state index in [1.807, 2.05) is 0 Å². The van der Waals surface area contributed by atoms with Gasteiger partial charge in [-0.1, -0.05) is 170 Å². The van der Waals surface area contributed by atoms with Crippen LogP contribution in [0.2, 0.25) is 0 Å². The third-order valence-corrected chi connectivity index (χ3v) is 27.0. The molecule has 1 heterocycles. The summed E-state index contributed by atoms with van der Waals surface area (Å²) in [5, 5.41) is 4.05. The van der Waals surface area contributed by atoms with Crippen molar-refractivity contribution >= 4 is 27.2 Å². The normalized spacial score (nSPS) is 33.5. The van der Waals surface area contributed by atoms with Gasteiger partial charge in [-0.25, -0.2) is 0 Å². The van der Waals surface area contributed by atoms with Crippen molar-refractivity contribution in [2.24, 2.45) is 94.7 Å². The second kappa shape index (κ2) is 31.6. The SMILES string of the molecule is C.C1CCOC1.CC(C)(C)c1cc(N)cc(C(C)(C)C)c1.CC1CC2CC(C)C(c3cc(Nc4cc(C(C)(C)C)cc(C(C)(C)C)c4)cc(C4C(C)CC5CC(C)CC4C5)c3)C(C1)C2.CC1CC2CC(C)C(c3cc(OS(=O)(=O)C(F)(F)F)cc(C4C(C)CC5CC(C)CC4C5)c3)C(C1)C2. The molecule has 13 rings (SSSR count). The molecule has 0 spiro atoms. The van der Waals surface area contributed by atoms with Gasteiger partial charge < -0.3 is 20.0 Å². The maximum absolute atomic E-state index is 13.3. The zero-order chi connectivity index (χ0) is 72.2. The summed E-state index contributed by atoms with van der Waals surface area (Å²) in [6, 6.07) is 27.1. The number of alkyl halides is 3. The van der Waals surface area contributed by atoms with Crippen LogP contribution in [0.3, 0.4) is 0 Å². The van der Waals surface area contributed by atoms with Crippen LogP contribution in [0.5, 0.6) is 5.75 Å². The molecular weight excluding hydrogens is 1260 g/mol. The van der Waals surface area contributed by atoms with Crippen LogP contribution in [0.25, 0.3) is 0 Å². The lowest BCUT2D eigenvalue weighted by Crippen LogP contribution is -2.37. The zero-order valence-electron chi connectivity index (χ0n) is 65.4. The highest BCUT2D eigenvalue weighted by atomic mass is 32.2. The quantitative estimate of drug-likeness (QED) is 0.104. The monoisotopic (exact) mass is 1400 g/mol. The predicted octanol–water partition coefficient (Wildman–Crippen LogP) is 25.9. The van der Waals surface area contributed by atoms with E-state index in [9.17, 15) is 21.6 Å². The van der Waals surface area contributed by atoms with Crippen molar-refractivity contribution in [2.75, 3.05) is 24.3 Å². The Kier molecular flexibility index (Phi) is 25.3. The van der Waals surface area contributed by atoms with Crippen LogP contribution in [0.4, 0.5) is 30.2 Å². The molecule has 560 valence electrons. The molecule has 9 fully saturated rings. The van der Waals surface area contributed by atoms with Crippen molar-refractivity contribution in [1.29, 1.82) is 0 Å². The van der Waals surface area contributed by atoms with Gasteiger partial charge in [0.1, 0.15) is 5.75 Å². The van der Waals surface area contributed by atoms with Gasteiger partial charge in [-0.2, -0.15) is 21.6 Å². The number of benzene rings is 4. The summed E-state index contributed by atoms with van der Waals surface area (Å²) in [4.78, 5) is 0. The van der Waals surface area contributed by atoms with E-state index in [2.05, 4.69) is 204 Å². The number of rotatable bonds is 8. The minimum absolute atomic E-state index is 0. The Morgan fingerprint density at radius 3 is 0.940 bits per heavy atom. The van der Waals surface area contributed by atoms with Crippen LogP contribution in [0.15, 0.2) is 72.8 Å². The number of nitrogen functional groups attached to an aromatic ring is 1. The Bertz CT molecular complexity index is 3260. The molecule has 3 N–H and O–H groups in total.